The number of rotatable bonds is 6. The van der Waals surface area contributed by atoms with E-state index in [1.165, 1.54) is 11.0 Å². The normalized spacial score (nSPS) is 14.6. The van der Waals surface area contributed by atoms with Crippen molar-refractivity contribution in [2.45, 2.75) is 0 Å². The van der Waals surface area contributed by atoms with E-state index >= 15 is 0 Å². The van der Waals surface area contributed by atoms with E-state index in [0.717, 1.165) is 0 Å². The Kier molecular flexibility index (Phi) is 7.74. The van der Waals surface area contributed by atoms with Gasteiger partial charge in [0.15, 0.2) is 11.7 Å². The minimum absolute atomic E-state index is 0.0169. The third kappa shape index (κ3) is 5.84. The fourth-order valence-corrected chi connectivity index (χ4v) is 5.02. The van der Waals surface area contributed by atoms with Gasteiger partial charge in [0.2, 0.25) is 0 Å². The highest BCUT2D eigenvalue weighted by Gasteiger charge is 2.34. The average Bonchev–Trinajstić information content (AvgIpc) is 2.82. The summed E-state index contributed by atoms with van der Waals surface area (Å²) in [6.07, 6.45) is 1.47. The second-order valence-corrected chi connectivity index (χ2v) is 9.41. The zero-order chi connectivity index (χ0) is 24.9. The van der Waals surface area contributed by atoms with Crippen molar-refractivity contribution in [1.29, 1.82) is 0 Å². The number of nitrogens with one attached hydrogen (secondary N) is 2. The Morgan fingerprint density at radius 1 is 1.00 bits per heavy atom. The van der Waals surface area contributed by atoms with E-state index in [1.54, 1.807) is 48.5 Å². The summed E-state index contributed by atoms with van der Waals surface area (Å²) in [6, 6.07) is 21.2. The molecule has 0 aliphatic carbocycles. The van der Waals surface area contributed by atoms with Crippen LogP contribution in [0.4, 0.5) is 11.4 Å². The third-order valence-electron chi connectivity index (χ3n) is 4.85. The van der Waals surface area contributed by atoms with Crippen LogP contribution >= 0.6 is 44.1 Å². The highest BCUT2D eigenvalue weighted by atomic mass is 79.9. The lowest BCUT2D eigenvalue weighted by Crippen LogP contribution is -2.54. The van der Waals surface area contributed by atoms with Crippen molar-refractivity contribution in [3.63, 3.8) is 0 Å². The minimum atomic E-state index is -0.586. The predicted molar refractivity (Wildman–Crippen MR) is 145 cm³/mol. The number of hydrogen-bond donors (Lipinski definition) is 2. The summed E-state index contributed by atoms with van der Waals surface area (Å²) in [4.78, 5) is 39.2. The van der Waals surface area contributed by atoms with Gasteiger partial charge in [-0.05, 0) is 92.1 Å². The first-order valence-corrected chi connectivity index (χ1v) is 12.3. The van der Waals surface area contributed by atoms with Crippen molar-refractivity contribution in [1.82, 2.24) is 5.32 Å². The quantitative estimate of drug-likeness (QED) is 0.230. The van der Waals surface area contributed by atoms with Gasteiger partial charge in [0.1, 0.15) is 11.3 Å². The van der Waals surface area contributed by atoms with Crippen LogP contribution in [0.2, 0.25) is 0 Å². The highest BCUT2D eigenvalue weighted by Crippen LogP contribution is 2.36. The Bertz CT molecular complexity index is 1320. The van der Waals surface area contributed by atoms with Gasteiger partial charge in [-0.1, -0.05) is 36.4 Å². The summed E-state index contributed by atoms with van der Waals surface area (Å²) in [5.74, 6) is -1.03. The number of amides is 3. The Hall–Kier alpha value is -3.34. The molecule has 1 aliphatic heterocycles. The van der Waals surface area contributed by atoms with Gasteiger partial charge in [-0.15, -0.1) is 0 Å². The largest absolute Gasteiger partial charge is 0.481 e. The van der Waals surface area contributed by atoms with Crippen LogP contribution in [0.5, 0.6) is 5.75 Å². The molecule has 4 rings (SSSR count). The minimum Gasteiger partial charge on any atom is -0.481 e. The lowest BCUT2D eigenvalue weighted by molar-refractivity contribution is -0.122. The van der Waals surface area contributed by atoms with Crippen LogP contribution in [-0.2, 0) is 14.4 Å². The SMILES string of the molecule is O=C(COc1c(Br)cc(/C=C2/C(=O)NC(=S)N(c3ccccc3)C2=O)cc1Br)Nc1ccccc1. The standard InChI is InChI=1S/C25H17Br2N3O4S/c26-19-12-15(13-20(27)22(19)34-14-21(31)28-16-7-3-1-4-8-16)11-18-23(32)29-25(35)30(24(18)33)17-9-5-2-6-10-17/h1-13H,14H2,(H,28,31)(H,29,32,35)/b18-11-. The summed E-state index contributed by atoms with van der Waals surface area (Å²) in [5, 5.41) is 5.32. The fraction of sp³-hybridized carbons (Fsp3) is 0.0400. The van der Waals surface area contributed by atoms with Crippen LogP contribution in [0, 0.1) is 0 Å². The first kappa shape index (κ1) is 24.8. The summed E-state index contributed by atoms with van der Waals surface area (Å²) in [6.45, 7) is -0.211. The van der Waals surface area contributed by atoms with E-state index in [1.807, 2.05) is 24.3 Å². The maximum absolute atomic E-state index is 13.1. The van der Waals surface area contributed by atoms with Gasteiger partial charge in [-0.2, -0.15) is 0 Å². The molecule has 7 nitrogen and oxygen atoms in total. The topological polar surface area (TPSA) is 87.7 Å². The van der Waals surface area contributed by atoms with Crippen molar-refractivity contribution in [2.75, 3.05) is 16.8 Å². The van der Waals surface area contributed by atoms with Gasteiger partial charge in [-0.25, -0.2) is 0 Å². The summed E-state index contributed by atoms with van der Waals surface area (Å²) in [5.41, 5.74) is 1.70. The van der Waals surface area contributed by atoms with Crippen molar-refractivity contribution in [2.24, 2.45) is 0 Å². The molecule has 0 aromatic heterocycles. The molecule has 10 heteroatoms. The first-order valence-electron chi connectivity index (χ1n) is 10.3. The lowest BCUT2D eigenvalue weighted by atomic mass is 10.1. The van der Waals surface area contributed by atoms with E-state index in [0.29, 0.717) is 31.6 Å². The van der Waals surface area contributed by atoms with Crippen molar-refractivity contribution in [3.8, 4) is 5.75 Å². The van der Waals surface area contributed by atoms with E-state index in [2.05, 4.69) is 42.5 Å². The van der Waals surface area contributed by atoms with Crippen LogP contribution in [-0.4, -0.2) is 29.4 Å². The number of para-hydroxylation sites is 2. The van der Waals surface area contributed by atoms with E-state index < -0.39 is 11.8 Å². The van der Waals surface area contributed by atoms with Gasteiger partial charge in [-0.3, -0.25) is 24.6 Å². The molecule has 176 valence electrons. The Morgan fingerprint density at radius 3 is 2.23 bits per heavy atom. The molecule has 1 saturated heterocycles. The summed E-state index contributed by atoms with van der Waals surface area (Å²) >= 11 is 12.1. The molecule has 1 aliphatic rings. The van der Waals surface area contributed by atoms with Crippen molar-refractivity contribution < 1.29 is 19.1 Å². The molecule has 3 aromatic rings. The van der Waals surface area contributed by atoms with Gasteiger partial charge >= 0.3 is 0 Å². The second kappa shape index (κ2) is 10.9. The number of thiocarbonyl (C=S) groups is 1. The second-order valence-electron chi connectivity index (χ2n) is 7.31. The van der Waals surface area contributed by atoms with Gasteiger partial charge in [0.25, 0.3) is 17.7 Å². The summed E-state index contributed by atoms with van der Waals surface area (Å²) < 4.78 is 6.75. The monoisotopic (exact) mass is 613 g/mol. The van der Waals surface area contributed by atoms with E-state index in [-0.39, 0.29) is 23.2 Å². The zero-order valence-corrected chi connectivity index (χ0v) is 21.9. The number of carbonyl (C=O) groups excluding carboxylic acids is 3. The number of hydrogen-bond acceptors (Lipinski definition) is 5. The molecule has 0 atom stereocenters. The van der Waals surface area contributed by atoms with E-state index in [4.69, 9.17) is 17.0 Å². The number of benzene rings is 3. The van der Waals surface area contributed by atoms with Crippen LogP contribution in [0.3, 0.4) is 0 Å². The molecule has 2 N–H and O–H groups in total. The predicted octanol–water partition coefficient (Wildman–Crippen LogP) is 5.06. The molecule has 1 heterocycles. The smallest absolute Gasteiger partial charge is 0.270 e. The third-order valence-corrected chi connectivity index (χ3v) is 6.32. The lowest BCUT2D eigenvalue weighted by Gasteiger charge is -2.28. The zero-order valence-electron chi connectivity index (χ0n) is 18.0. The molecule has 3 aromatic carbocycles. The molecule has 0 saturated carbocycles. The van der Waals surface area contributed by atoms with Crippen LogP contribution in [0.25, 0.3) is 6.08 Å². The fourth-order valence-electron chi connectivity index (χ4n) is 3.29. The molecule has 0 spiro atoms. The molecule has 35 heavy (non-hydrogen) atoms. The Balaban J connectivity index is 1.52. The Morgan fingerprint density at radius 2 is 1.60 bits per heavy atom. The van der Waals surface area contributed by atoms with E-state index in [9.17, 15) is 14.4 Å². The van der Waals surface area contributed by atoms with Crippen LogP contribution in [0.15, 0.2) is 87.3 Å². The van der Waals surface area contributed by atoms with Crippen molar-refractivity contribution >= 4 is 84.4 Å². The number of anilines is 2. The summed E-state index contributed by atoms with van der Waals surface area (Å²) in [7, 11) is 0. The maximum Gasteiger partial charge on any atom is 0.270 e. The van der Waals surface area contributed by atoms with Gasteiger partial charge in [0.05, 0.1) is 14.6 Å². The molecule has 1 fully saturated rings. The number of halogens is 2. The number of carbonyl (C=O) groups is 3. The van der Waals surface area contributed by atoms with Gasteiger partial charge < -0.3 is 10.1 Å². The van der Waals surface area contributed by atoms with Crippen LogP contribution in [0.1, 0.15) is 5.56 Å². The maximum atomic E-state index is 13.1. The molecule has 0 bridgehead atoms. The molecule has 0 unspecified atom stereocenters. The molecular weight excluding hydrogens is 598 g/mol. The average molecular weight is 615 g/mol. The highest BCUT2D eigenvalue weighted by molar-refractivity contribution is 9.11. The molecular formula is C25H17Br2N3O4S. The number of ether oxygens (including phenoxy) is 1. The molecule has 3 amide bonds. The molecule has 0 radical (unpaired) electrons. The number of nitrogens with zero attached hydrogens (tertiary/aromatic N) is 1. The van der Waals surface area contributed by atoms with Crippen LogP contribution < -0.4 is 20.3 Å². The first-order chi connectivity index (χ1) is 16.8. The van der Waals surface area contributed by atoms with Gasteiger partial charge in [0, 0.05) is 5.69 Å². The Labute approximate surface area is 223 Å². The van der Waals surface area contributed by atoms with Crippen molar-refractivity contribution in [3.05, 3.63) is 92.9 Å².